The molecule has 1 aromatic carbocycles. The lowest BCUT2D eigenvalue weighted by Crippen LogP contribution is -2.13. The lowest BCUT2D eigenvalue weighted by Gasteiger charge is -2.14. The first-order valence-electron chi connectivity index (χ1n) is 6.52. The minimum atomic E-state index is 0.355. The van der Waals surface area contributed by atoms with Crippen LogP contribution in [0.25, 0.3) is 0 Å². The van der Waals surface area contributed by atoms with E-state index < -0.39 is 0 Å². The van der Waals surface area contributed by atoms with Gasteiger partial charge < -0.3 is 10.1 Å². The van der Waals surface area contributed by atoms with E-state index in [1.165, 1.54) is 0 Å². The van der Waals surface area contributed by atoms with E-state index in [9.17, 15) is 0 Å². The van der Waals surface area contributed by atoms with Crippen LogP contribution < -0.4 is 10.1 Å². The zero-order valence-corrected chi connectivity index (χ0v) is 14.6. The molecular formula is C15H15BrCl2N2O. The van der Waals surface area contributed by atoms with E-state index in [4.69, 9.17) is 27.9 Å². The van der Waals surface area contributed by atoms with Crippen molar-refractivity contribution in [3.05, 3.63) is 56.2 Å². The lowest BCUT2D eigenvalue weighted by atomic mass is 10.2. The third-order valence-corrected chi connectivity index (χ3v) is 3.77. The molecule has 3 nitrogen and oxygen atoms in total. The monoisotopic (exact) mass is 388 g/mol. The smallest absolute Gasteiger partial charge is 0.143 e. The number of nitrogens with zero attached hydrogens (tertiary/aromatic N) is 1. The van der Waals surface area contributed by atoms with Crippen molar-refractivity contribution < 1.29 is 4.74 Å². The van der Waals surface area contributed by atoms with Gasteiger partial charge in [0.1, 0.15) is 12.4 Å². The molecule has 1 aromatic heterocycles. The van der Waals surface area contributed by atoms with Gasteiger partial charge in [0.2, 0.25) is 0 Å². The Balaban J connectivity index is 2.15. The minimum absolute atomic E-state index is 0.355. The molecule has 0 amide bonds. The summed E-state index contributed by atoms with van der Waals surface area (Å²) >= 11 is 15.6. The highest BCUT2D eigenvalue weighted by Gasteiger charge is 2.11. The molecule has 0 radical (unpaired) electrons. The van der Waals surface area contributed by atoms with Crippen molar-refractivity contribution in [1.29, 1.82) is 0 Å². The Bertz CT molecular complexity index is 605. The Kier molecular flexibility index (Phi) is 6.30. The number of nitrogens with one attached hydrogen (secondary N) is 1. The molecular weight excluding hydrogens is 375 g/mol. The summed E-state index contributed by atoms with van der Waals surface area (Å²) in [7, 11) is 0. The van der Waals surface area contributed by atoms with Crippen LogP contribution in [0.5, 0.6) is 5.75 Å². The van der Waals surface area contributed by atoms with Crippen molar-refractivity contribution >= 4 is 39.1 Å². The van der Waals surface area contributed by atoms with E-state index in [1.807, 2.05) is 25.1 Å². The van der Waals surface area contributed by atoms with Crippen LogP contribution in [0.1, 0.15) is 18.2 Å². The zero-order chi connectivity index (χ0) is 15.2. The standard InChI is InChI=1S/C15H15BrCl2N2O/c1-2-19-7-10-5-12(17)6-14(18)15(10)21-9-13-4-3-11(16)8-20-13/h3-6,8,19H,2,7,9H2,1H3. The molecule has 6 heteroatoms. The second-order valence-corrected chi connectivity index (χ2v) is 6.17. The number of halogens is 3. The van der Waals surface area contributed by atoms with Gasteiger partial charge in [-0.15, -0.1) is 0 Å². The molecule has 112 valence electrons. The highest BCUT2D eigenvalue weighted by Crippen LogP contribution is 2.33. The highest BCUT2D eigenvalue weighted by molar-refractivity contribution is 9.10. The molecule has 1 heterocycles. The summed E-state index contributed by atoms with van der Waals surface area (Å²) in [4.78, 5) is 4.28. The van der Waals surface area contributed by atoms with Gasteiger partial charge in [-0.2, -0.15) is 0 Å². The third kappa shape index (κ3) is 4.85. The van der Waals surface area contributed by atoms with Gasteiger partial charge in [-0.25, -0.2) is 0 Å². The molecule has 0 fully saturated rings. The largest absolute Gasteiger partial charge is 0.485 e. The van der Waals surface area contributed by atoms with Crippen molar-refractivity contribution in [3.63, 3.8) is 0 Å². The number of aromatic nitrogens is 1. The molecule has 0 bridgehead atoms. The Morgan fingerprint density at radius 1 is 1.29 bits per heavy atom. The number of hydrogen-bond donors (Lipinski definition) is 1. The van der Waals surface area contributed by atoms with E-state index in [1.54, 1.807) is 12.3 Å². The molecule has 0 saturated heterocycles. The molecule has 0 spiro atoms. The first-order valence-corrected chi connectivity index (χ1v) is 8.07. The predicted molar refractivity (Wildman–Crippen MR) is 90.1 cm³/mol. The summed E-state index contributed by atoms with van der Waals surface area (Å²) in [5, 5.41) is 4.35. The maximum absolute atomic E-state index is 6.24. The topological polar surface area (TPSA) is 34.1 Å². The van der Waals surface area contributed by atoms with Crippen LogP contribution >= 0.6 is 39.1 Å². The fraction of sp³-hybridized carbons (Fsp3) is 0.267. The van der Waals surface area contributed by atoms with Gasteiger partial charge in [0.15, 0.2) is 0 Å². The number of ether oxygens (including phenoxy) is 1. The summed E-state index contributed by atoms with van der Waals surface area (Å²) in [5.74, 6) is 0.645. The normalized spacial score (nSPS) is 10.7. The summed E-state index contributed by atoms with van der Waals surface area (Å²) in [6.45, 7) is 3.91. The van der Waals surface area contributed by atoms with Gasteiger partial charge in [-0.1, -0.05) is 30.1 Å². The fourth-order valence-electron chi connectivity index (χ4n) is 1.80. The van der Waals surface area contributed by atoms with Crippen LogP contribution in [-0.4, -0.2) is 11.5 Å². The predicted octanol–water partition coefficient (Wildman–Crippen LogP) is 4.84. The first-order chi connectivity index (χ1) is 10.1. The van der Waals surface area contributed by atoms with E-state index >= 15 is 0 Å². The number of rotatable bonds is 6. The molecule has 21 heavy (non-hydrogen) atoms. The molecule has 0 aliphatic carbocycles. The molecule has 2 aromatic rings. The van der Waals surface area contributed by atoms with Gasteiger partial charge >= 0.3 is 0 Å². The molecule has 0 aliphatic heterocycles. The Hall–Kier alpha value is -0.810. The second-order valence-electron chi connectivity index (χ2n) is 4.41. The second kappa shape index (κ2) is 7.99. The number of pyridine rings is 1. The quantitative estimate of drug-likeness (QED) is 0.767. The average molecular weight is 390 g/mol. The van der Waals surface area contributed by atoms with E-state index in [-0.39, 0.29) is 0 Å². The lowest BCUT2D eigenvalue weighted by molar-refractivity contribution is 0.297. The SMILES string of the molecule is CCNCc1cc(Cl)cc(Cl)c1OCc1ccc(Br)cn1. The number of hydrogen-bond acceptors (Lipinski definition) is 3. The van der Waals surface area contributed by atoms with Gasteiger partial charge in [-0.05, 0) is 46.7 Å². The van der Waals surface area contributed by atoms with Gasteiger partial charge in [0, 0.05) is 27.8 Å². The Labute approximate surface area is 142 Å². The average Bonchev–Trinajstić information content (AvgIpc) is 2.45. The van der Waals surface area contributed by atoms with E-state index in [0.717, 1.165) is 22.3 Å². The van der Waals surface area contributed by atoms with Crippen molar-refractivity contribution in [3.8, 4) is 5.75 Å². The van der Waals surface area contributed by atoms with Crippen molar-refractivity contribution in [2.24, 2.45) is 0 Å². The highest BCUT2D eigenvalue weighted by atomic mass is 79.9. The molecule has 0 saturated carbocycles. The summed E-state index contributed by atoms with van der Waals surface area (Å²) in [6, 6.07) is 7.37. The van der Waals surface area contributed by atoms with Crippen molar-refractivity contribution in [2.75, 3.05) is 6.54 Å². The van der Waals surface area contributed by atoms with E-state index in [2.05, 4.69) is 26.2 Å². The Morgan fingerprint density at radius 2 is 2.10 bits per heavy atom. The summed E-state index contributed by atoms with van der Waals surface area (Å²) < 4.78 is 6.77. The maximum Gasteiger partial charge on any atom is 0.143 e. The van der Waals surface area contributed by atoms with Crippen molar-refractivity contribution in [2.45, 2.75) is 20.1 Å². The van der Waals surface area contributed by atoms with Gasteiger partial charge in [0.25, 0.3) is 0 Å². The zero-order valence-electron chi connectivity index (χ0n) is 11.5. The third-order valence-electron chi connectivity index (χ3n) is 2.80. The summed E-state index contributed by atoms with van der Waals surface area (Å²) in [5.41, 5.74) is 1.77. The fourth-order valence-corrected chi connectivity index (χ4v) is 2.63. The van der Waals surface area contributed by atoms with E-state index in [0.29, 0.717) is 28.9 Å². The molecule has 0 aliphatic rings. The molecule has 2 rings (SSSR count). The molecule has 1 N–H and O–H groups in total. The van der Waals surface area contributed by atoms with Crippen LogP contribution in [0.4, 0.5) is 0 Å². The summed E-state index contributed by atoms with van der Waals surface area (Å²) in [6.07, 6.45) is 1.74. The van der Waals surface area contributed by atoms with Crippen LogP contribution in [0.15, 0.2) is 34.9 Å². The maximum atomic E-state index is 6.24. The number of benzene rings is 1. The molecule has 0 atom stereocenters. The van der Waals surface area contributed by atoms with Crippen LogP contribution in [0, 0.1) is 0 Å². The van der Waals surface area contributed by atoms with Gasteiger partial charge in [-0.3, -0.25) is 4.98 Å². The van der Waals surface area contributed by atoms with Crippen molar-refractivity contribution in [1.82, 2.24) is 10.3 Å². The van der Waals surface area contributed by atoms with Crippen LogP contribution in [0.3, 0.4) is 0 Å². The first kappa shape index (κ1) is 16.6. The van der Waals surface area contributed by atoms with Crippen LogP contribution in [-0.2, 0) is 13.2 Å². The minimum Gasteiger partial charge on any atom is -0.485 e. The Morgan fingerprint density at radius 3 is 2.76 bits per heavy atom. The molecule has 0 unspecified atom stereocenters. The van der Waals surface area contributed by atoms with Crippen LogP contribution in [0.2, 0.25) is 10.0 Å². The van der Waals surface area contributed by atoms with Gasteiger partial charge in [0.05, 0.1) is 10.7 Å².